The highest BCUT2D eigenvalue weighted by atomic mass is 19.4. The van der Waals surface area contributed by atoms with Gasteiger partial charge in [0.15, 0.2) is 0 Å². The molecule has 0 amide bonds. The highest BCUT2D eigenvalue weighted by molar-refractivity contribution is 5.88. The third-order valence-electron chi connectivity index (χ3n) is 4.65. The van der Waals surface area contributed by atoms with E-state index in [-0.39, 0.29) is 5.82 Å². The van der Waals surface area contributed by atoms with Gasteiger partial charge in [-0.1, -0.05) is 0 Å². The second kappa shape index (κ2) is 5.51. The van der Waals surface area contributed by atoms with Crippen molar-refractivity contribution in [2.45, 2.75) is 25.1 Å². The van der Waals surface area contributed by atoms with Gasteiger partial charge >= 0.3 is 6.18 Å². The van der Waals surface area contributed by atoms with Gasteiger partial charge in [0.25, 0.3) is 0 Å². The van der Waals surface area contributed by atoms with Crippen LogP contribution >= 0.6 is 0 Å². The third-order valence-corrected chi connectivity index (χ3v) is 4.65. The SMILES string of the molecule is CN(c1cc2cc(C(F)(F)F)ccc2n1-c1ccc(F)cc1)C1CC1. The number of hydrogen-bond donors (Lipinski definition) is 0. The van der Waals surface area contributed by atoms with E-state index in [1.165, 1.54) is 24.3 Å². The first-order chi connectivity index (χ1) is 11.8. The summed E-state index contributed by atoms with van der Waals surface area (Å²) in [5.41, 5.74) is 0.720. The molecular formula is C19H16F4N2. The highest BCUT2D eigenvalue weighted by Gasteiger charge is 2.32. The van der Waals surface area contributed by atoms with Gasteiger partial charge in [-0.05, 0) is 61.4 Å². The van der Waals surface area contributed by atoms with E-state index in [4.69, 9.17) is 0 Å². The lowest BCUT2D eigenvalue weighted by atomic mass is 10.1. The van der Waals surface area contributed by atoms with Gasteiger partial charge in [0.1, 0.15) is 11.6 Å². The van der Waals surface area contributed by atoms with Gasteiger partial charge in [-0.25, -0.2) is 4.39 Å². The maximum atomic E-state index is 13.3. The summed E-state index contributed by atoms with van der Waals surface area (Å²) in [5.74, 6) is 0.458. The minimum Gasteiger partial charge on any atom is -0.358 e. The fraction of sp³-hybridized carbons (Fsp3) is 0.263. The Bertz CT molecular complexity index is 921. The van der Waals surface area contributed by atoms with Crippen LogP contribution in [0.4, 0.5) is 23.4 Å². The van der Waals surface area contributed by atoms with E-state index in [1.54, 1.807) is 18.2 Å². The summed E-state index contributed by atoms with van der Waals surface area (Å²) in [5, 5.41) is 0.515. The number of rotatable bonds is 3. The van der Waals surface area contributed by atoms with E-state index in [0.29, 0.717) is 16.9 Å². The normalized spacial score (nSPS) is 14.9. The monoisotopic (exact) mass is 348 g/mol. The molecule has 1 fully saturated rings. The van der Waals surface area contributed by atoms with Crippen LogP contribution in [-0.4, -0.2) is 17.7 Å². The Balaban J connectivity index is 1.93. The first-order valence-corrected chi connectivity index (χ1v) is 8.06. The molecule has 0 bridgehead atoms. The zero-order chi connectivity index (χ0) is 17.8. The van der Waals surface area contributed by atoms with Crippen LogP contribution < -0.4 is 4.90 Å². The zero-order valence-corrected chi connectivity index (χ0v) is 13.5. The molecule has 130 valence electrons. The van der Waals surface area contributed by atoms with Crippen molar-refractivity contribution in [1.29, 1.82) is 0 Å². The standard InChI is InChI=1S/C19H16F4N2/c1-24(15-7-8-15)18-11-12-10-13(19(21,22)23)2-9-17(12)25(18)16-5-3-14(20)4-6-16/h2-6,9-11,15H,7-8H2,1H3. The molecule has 0 aliphatic heterocycles. The number of anilines is 1. The molecular weight excluding hydrogens is 332 g/mol. The molecule has 0 radical (unpaired) electrons. The molecule has 0 saturated heterocycles. The molecule has 2 aromatic carbocycles. The van der Waals surface area contributed by atoms with Crippen LogP contribution in [0.25, 0.3) is 16.6 Å². The number of hydrogen-bond acceptors (Lipinski definition) is 1. The number of nitrogens with zero attached hydrogens (tertiary/aromatic N) is 2. The Labute approximate surface area is 142 Å². The average Bonchev–Trinajstić information content (AvgIpc) is 3.34. The van der Waals surface area contributed by atoms with Crippen molar-refractivity contribution < 1.29 is 17.6 Å². The smallest absolute Gasteiger partial charge is 0.358 e. The minimum absolute atomic E-state index is 0.350. The topological polar surface area (TPSA) is 8.17 Å². The Kier molecular flexibility index (Phi) is 3.52. The maximum absolute atomic E-state index is 13.3. The summed E-state index contributed by atoms with van der Waals surface area (Å²) < 4.78 is 54.2. The molecule has 2 nitrogen and oxygen atoms in total. The molecule has 6 heteroatoms. The molecule has 4 rings (SSSR count). The van der Waals surface area contributed by atoms with E-state index in [2.05, 4.69) is 4.90 Å². The van der Waals surface area contributed by atoms with Crippen LogP contribution in [0.3, 0.4) is 0 Å². The quantitative estimate of drug-likeness (QED) is 0.577. The molecule has 0 atom stereocenters. The molecule has 1 saturated carbocycles. The lowest BCUT2D eigenvalue weighted by Crippen LogP contribution is -2.22. The molecule has 1 aliphatic carbocycles. The lowest BCUT2D eigenvalue weighted by Gasteiger charge is -2.21. The van der Waals surface area contributed by atoms with Gasteiger partial charge in [-0.3, -0.25) is 4.57 Å². The maximum Gasteiger partial charge on any atom is 0.416 e. The van der Waals surface area contributed by atoms with Crippen LogP contribution in [0.2, 0.25) is 0 Å². The van der Waals surface area contributed by atoms with Gasteiger partial charge < -0.3 is 4.90 Å². The number of halogens is 4. The van der Waals surface area contributed by atoms with Gasteiger partial charge in [-0.2, -0.15) is 13.2 Å². The molecule has 1 aromatic heterocycles. The Morgan fingerprint density at radius 1 is 1.00 bits per heavy atom. The second-order valence-corrected chi connectivity index (χ2v) is 6.43. The van der Waals surface area contributed by atoms with Gasteiger partial charge in [0.2, 0.25) is 0 Å². The first-order valence-electron chi connectivity index (χ1n) is 8.06. The van der Waals surface area contributed by atoms with Crippen molar-refractivity contribution in [3.63, 3.8) is 0 Å². The predicted molar refractivity (Wildman–Crippen MR) is 89.7 cm³/mol. The summed E-state index contributed by atoms with van der Waals surface area (Å²) in [6.07, 6.45) is -2.25. The Hall–Kier alpha value is -2.50. The van der Waals surface area contributed by atoms with Crippen LogP contribution in [-0.2, 0) is 6.18 Å². The van der Waals surface area contributed by atoms with E-state index >= 15 is 0 Å². The largest absolute Gasteiger partial charge is 0.416 e. The summed E-state index contributed by atoms with van der Waals surface area (Å²) in [4.78, 5) is 2.08. The zero-order valence-electron chi connectivity index (χ0n) is 13.5. The molecule has 3 aromatic rings. The number of benzene rings is 2. The van der Waals surface area contributed by atoms with Crippen LogP contribution in [0, 0.1) is 5.82 Å². The number of fused-ring (bicyclic) bond motifs is 1. The molecule has 0 unspecified atom stereocenters. The van der Waals surface area contributed by atoms with Crippen molar-refractivity contribution >= 4 is 16.7 Å². The van der Waals surface area contributed by atoms with Crippen LogP contribution in [0.1, 0.15) is 18.4 Å². The second-order valence-electron chi connectivity index (χ2n) is 6.43. The van der Waals surface area contributed by atoms with Gasteiger partial charge in [-0.15, -0.1) is 0 Å². The van der Waals surface area contributed by atoms with Gasteiger partial charge in [0, 0.05) is 24.2 Å². The highest BCUT2D eigenvalue weighted by Crippen LogP contribution is 2.38. The fourth-order valence-electron chi connectivity index (χ4n) is 3.15. The predicted octanol–water partition coefficient (Wildman–Crippen LogP) is 5.39. The van der Waals surface area contributed by atoms with E-state index in [9.17, 15) is 17.6 Å². The Morgan fingerprint density at radius 2 is 1.68 bits per heavy atom. The minimum atomic E-state index is -4.38. The van der Waals surface area contributed by atoms with Gasteiger partial charge in [0.05, 0.1) is 11.1 Å². The molecule has 0 spiro atoms. The first kappa shape index (κ1) is 16.0. The van der Waals surface area contributed by atoms with Crippen molar-refractivity contribution in [2.24, 2.45) is 0 Å². The Morgan fingerprint density at radius 3 is 2.28 bits per heavy atom. The fourth-order valence-corrected chi connectivity index (χ4v) is 3.15. The third kappa shape index (κ3) is 2.86. The van der Waals surface area contributed by atoms with Crippen LogP contribution in [0.5, 0.6) is 0 Å². The van der Waals surface area contributed by atoms with E-state index in [0.717, 1.165) is 30.4 Å². The van der Waals surface area contributed by atoms with Crippen molar-refractivity contribution in [3.8, 4) is 5.69 Å². The van der Waals surface area contributed by atoms with E-state index in [1.807, 2.05) is 11.6 Å². The molecule has 0 N–H and O–H groups in total. The van der Waals surface area contributed by atoms with E-state index < -0.39 is 11.7 Å². The average molecular weight is 348 g/mol. The number of aromatic nitrogens is 1. The molecule has 1 aliphatic rings. The molecule has 1 heterocycles. The number of alkyl halides is 3. The summed E-state index contributed by atoms with van der Waals surface area (Å²) >= 11 is 0. The van der Waals surface area contributed by atoms with Crippen molar-refractivity contribution in [3.05, 3.63) is 59.9 Å². The lowest BCUT2D eigenvalue weighted by molar-refractivity contribution is -0.137. The van der Waals surface area contributed by atoms with Crippen molar-refractivity contribution in [1.82, 2.24) is 4.57 Å². The van der Waals surface area contributed by atoms with Crippen molar-refractivity contribution in [2.75, 3.05) is 11.9 Å². The summed E-state index contributed by atoms with van der Waals surface area (Å²) in [6, 6.07) is 11.9. The molecule has 25 heavy (non-hydrogen) atoms. The van der Waals surface area contributed by atoms with Crippen LogP contribution in [0.15, 0.2) is 48.5 Å². The summed E-state index contributed by atoms with van der Waals surface area (Å²) in [7, 11) is 1.94. The summed E-state index contributed by atoms with van der Waals surface area (Å²) in [6.45, 7) is 0.